The molecule has 3 aromatic rings. The van der Waals surface area contributed by atoms with Crippen molar-refractivity contribution in [2.24, 2.45) is 5.16 Å². The summed E-state index contributed by atoms with van der Waals surface area (Å²) in [5.41, 5.74) is 1.65. The van der Waals surface area contributed by atoms with Gasteiger partial charge in [0.05, 0.1) is 5.02 Å². The minimum absolute atomic E-state index is 0.0284. The molecule has 0 amide bonds. The standard InChI is InChI=1S/C18H13Cl2NO4/c1-10-6-18(22)25-16-8-17(14(20)7-13(10)16)24-9-15(21-23)11-2-4-12(19)5-3-11/h2-8,23H,9H2,1H3. The van der Waals surface area contributed by atoms with Crippen molar-refractivity contribution in [1.29, 1.82) is 0 Å². The molecule has 0 aliphatic carbocycles. The Morgan fingerprint density at radius 1 is 1.20 bits per heavy atom. The Balaban J connectivity index is 1.88. The van der Waals surface area contributed by atoms with E-state index in [1.54, 1.807) is 43.3 Å². The molecule has 0 bridgehead atoms. The zero-order valence-corrected chi connectivity index (χ0v) is 14.6. The maximum Gasteiger partial charge on any atom is 0.336 e. The van der Waals surface area contributed by atoms with Crippen LogP contribution in [-0.2, 0) is 0 Å². The number of hydrogen-bond donors (Lipinski definition) is 1. The number of halogens is 2. The topological polar surface area (TPSA) is 72.0 Å². The molecular formula is C18H13Cl2NO4. The average Bonchev–Trinajstić information content (AvgIpc) is 2.58. The Labute approximate surface area is 153 Å². The van der Waals surface area contributed by atoms with E-state index in [1.807, 2.05) is 0 Å². The first-order chi connectivity index (χ1) is 12.0. The van der Waals surface area contributed by atoms with Crippen molar-refractivity contribution in [3.63, 3.8) is 0 Å². The van der Waals surface area contributed by atoms with E-state index in [2.05, 4.69) is 5.16 Å². The van der Waals surface area contributed by atoms with Crippen LogP contribution in [-0.4, -0.2) is 17.5 Å². The van der Waals surface area contributed by atoms with E-state index >= 15 is 0 Å². The number of hydrogen-bond acceptors (Lipinski definition) is 5. The van der Waals surface area contributed by atoms with Crippen LogP contribution in [0.2, 0.25) is 10.0 Å². The predicted molar refractivity (Wildman–Crippen MR) is 97.5 cm³/mol. The number of oxime groups is 1. The lowest BCUT2D eigenvalue weighted by atomic mass is 10.1. The second-order valence-electron chi connectivity index (χ2n) is 5.37. The summed E-state index contributed by atoms with van der Waals surface area (Å²) in [7, 11) is 0. The number of aryl methyl sites for hydroxylation is 1. The molecule has 2 aromatic carbocycles. The predicted octanol–water partition coefficient (Wildman–Crippen LogP) is 4.67. The van der Waals surface area contributed by atoms with Crippen LogP contribution in [0, 0.1) is 6.92 Å². The van der Waals surface area contributed by atoms with E-state index in [1.165, 1.54) is 6.07 Å². The lowest BCUT2D eigenvalue weighted by molar-refractivity contribution is 0.308. The van der Waals surface area contributed by atoms with Crippen molar-refractivity contribution in [2.45, 2.75) is 6.92 Å². The highest BCUT2D eigenvalue weighted by molar-refractivity contribution is 6.33. The van der Waals surface area contributed by atoms with Crippen LogP contribution in [0.3, 0.4) is 0 Å². The van der Waals surface area contributed by atoms with Crippen LogP contribution in [0.4, 0.5) is 0 Å². The Morgan fingerprint density at radius 2 is 1.92 bits per heavy atom. The Kier molecular flexibility index (Phi) is 4.97. The molecule has 0 spiro atoms. The van der Waals surface area contributed by atoms with E-state index in [-0.39, 0.29) is 6.61 Å². The number of rotatable bonds is 4. The van der Waals surface area contributed by atoms with Crippen LogP contribution in [0.15, 0.2) is 56.8 Å². The SMILES string of the molecule is Cc1cc(=O)oc2cc(OCC(=NO)c3ccc(Cl)cc3)c(Cl)cc12. The van der Waals surface area contributed by atoms with Gasteiger partial charge >= 0.3 is 5.63 Å². The molecule has 7 heteroatoms. The molecule has 0 saturated heterocycles. The number of ether oxygens (including phenoxy) is 1. The highest BCUT2D eigenvalue weighted by Gasteiger charge is 2.12. The fraction of sp³-hybridized carbons (Fsp3) is 0.111. The zero-order valence-electron chi connectivity index (χ0n) is 13.1. The van der Waals surface area contributed by atoms with E-state index in [9.17, 15) is 10.0 Å². The summed E-state index contributed by atoms with van der Waals surface area (Å²) in [6.45, 7) is 1.77. The molecule has 0 unspecified atom stereocenters. The fourth-order valence-electron chi connectivity index (χ4n) is 2.39. The van der Waals surface area contributed by atoms with E-state index in [0.29, 0.717) is 32.7 Å². The first-order valence-corrected chi connectivity index (χ1v) is 8.07. The summed E-state index contributed by atoms with van der Waals surface area (Å²) in [5.74, 6) is 0.318. The highest BCUT2D eigenvalue weighted by Crippen LogP contribution is 2.31. The Bertz CT molecular complexity index is 1010. The maximum atomic E-state index is 11.5. The number of benzene rings is 2. The first-order valence-electron chi connectivity index (χ1n) is 7.31. The molecule has 0 saturated carbocycles. The molecule has 25 heavy (non-hydrogen) atoms. The van der Waals surface area contributed by atoms with Gasteiger partial charge in [-0.2, -0.15) is 0 Å². The summed E-state index contributed by atoms with van der Waals surface area (Å²) in [4.78, 5) is 11.5. The summed E-state index contributed by atoms with van der Waals surface area (Å²) in [6, 6.07) is 11.4. The van der Waals surface area contributed by atoms with E-state index in [0.717, 1.165) is 10.9 Å². The largest absolute Gasteiger partial charge is 0.485 e. The van der Waals surface area contributed by atoms with Crippen molar-refractivity contribution in [1.82, 2.24) is 0 Å². The van der Waals surface area contributed by atoms with Gasteiger partial charge in [0.15, 0.2) is 0 Å². The average molecular weight is 378 g/mol. The van der Waals surface area contributed by atoms with Gasteiger partial charge in [0.1, 0.15) is 23.7 Å². The quantitative estimate of drug-likeness (QED) is 0.310. The van der Waals surface area contributed by atoms with Gasteiger partial charge in [-0.05, 0) is 30.7 Å². The molecule has 0 atom stereocenters. The zero-order chi connectivity index (χ0) is 18.0. The van der Waals surface area contributed by atoms with Gasteiger partial charge in [-0.15, -0.1) is 0 Å². The van der Waals surface area contributed by atoms with Gasteiger partial charge in [0.25, 0.3) is 0 Å². The minimum atomic E-state index is -0.447. The molecule has 0 aliphatic heterocycles. The molecule has 0 fully saturated rings. The molecule has 1 heterocycles. The molecular weight excluding hydrogens is 365 g/mol. The first kappa shape index (κ1) is 17.3. The summed E-state index contributed by atoms with van der Waals surface area (Å²) in [5, 5.41) is 14.1. The molecule has 0 aliphatic rings. The third kappa shape index (κ3) is 3.78. The van der Waals surface area contributed by atoms with Crippen LogP contribution < -0.4 is 10.4 Å². The number of fused-ring (bicyclic) bond motifs is 1. The lowest BCUT2D eigenvalue weighted by Crippen LogP contribution is -2.13. The van der Waals surface area contributed by atoms with E-state index < -0.39 is 5.63 Å². The van der Waals surface area contributed by atoms with Crippen molar-refractivity contribution in [2.75, 3.05) is 6.61 Å². The van der Waals surface area contributed by atoms with Crippen LogP contribution in [0.25, 0.3) is 11.0 Å². The van der Waals surface area contributed by atoms with Gasteiger partial charge in [-0.3, -0.25) is 0 Å². The van der Waals surface area contributed by atoms with Crippen LogP contribution in [0.5, 0.6) is 5.75 Å². The highest BCUT2D eigenvalue weighted by atomic mass is 35.5. The smallest absolute Gasteiger partial charge is 0.336 e. The van der Waals surface area contributed by atoms with Crippen LogP contribution in [0.1, 0.15) is 11.1 Å². The summed E-state index contributed by atoms with van der Waals surface area (Å²) in [6.07, 6.45) is 0. The van der Waals surface area contributed by atoms with Gasteiger partial charge in [-0.1, -0.05) is 40.5 Å². The second-order valence-corrected chi connectivity index (χ2v) is 6.21. The van der Waals surface area contributed by atoms with Crippen molar-refractivity contribution < 1.29 is 14.4 Å². The summed E-state index contributed by atoms with van der Waals surface area (Å²) >= 11 is 12.1. The minimum Gasteiger partial charge on any atom is -0.485 e. The molecule has 1 N–H and O–H groups in total. The summed E-state index contributed by atoms with van der Waals surface area (Å²) < 4.78 is 10.8. The van der Waals surface area contributed by atoms with Crippen molar-refractivity contribution in [3.8, 4) is 5.75 Å². The lowest BCUT2D eigenvalue weighted by Gasteiger charge is -2.11. The Morgan fingerprint density at radius 3 is 2.60 bits per heavy atom. The van der Waals surface area contributed by atoms with Crippen molar-refractivity contribution in [3.05, 3.63) is 74.1 Å². The maximum absolute atomic E-state index is 11.5. The molecule has 128 valence electrons. The van der Waals surface area contributed by atoms with Gasteiger partial charge in [0.2, 0.25) is 0 Å². The third-order valence-corrected chi connectivity index (χ3v) is 4.21. The third-order valence-electron chi connectivity index (χ3n) is 3.67. The van der Waals surface area contributed by atoms with Crippen molar-refractivity contribution >= 4 is 39.9 Å². The molecule has 0 radical (unpaired) electrons. The Hall–Kier alpha value is -2.50. The number of nitrogens with zero attached hydrogens (tertiary/aromatic N) is 1. The normalized spacial score (nSPS) is 11.7. The van der Waals surface area contributed by atoms with Gasteiger partial charge in [0, 0.05) is 28.1 Å². The fourth-order valence-corrected chi connectivity index (χ4v) is 2.73. The van der Waals surface area contributed by atoms with E-state index in [4.69, 9.17) is 32.4 Å². The monoisotopic (exact) mass is 377 g/mol. The van der Waals surface area contributed by atoms with Gasteiger partial charge in [-0.25, -0.2) is 4.79 Å². The van der Waals surface area contributed by atoms with Gasteiger partial charge < -0.3 is 14.4 Å². The molecule has 3 rings (SSSR count). The molecule has 1 aromatic heterocycles. The second kappa shape index (κ2) is 7.17. The van der Waals surface area contributed by atoms with Crippen LogP contribution >= 0.6 is 23.2 Å². The molecule has 5 nitrogen and oxygen atoms in total.